The van der Waals surface area contributed by atoms with Crippen LogP contribution < -0.4 is 5.56 Å². The van der Waals surface area contributed by atoms with Crippen molar-refractivity contribution >= 4 is 10.9 Å². The van der Waals surface area contributed by atoms with Gasteiger partial charge in [-0.05, 0) is 26.0 Å². The standard InChI is InChI=1S/C16H15F3N4O/c1-3-23-10(2)11(7-21-23)8-22-9-20-13-6-4-5-12(16(17,18)19)14(13)15(22)24/h4-7,9H,3,8H2,1-2H3. The van der Waals surface area contributed by atoms with Crippen LogP contribution in [0.4, 0.5) is 13.2 Å². The maximum absolute atomic E-state index is 13.2. The molecule has 1 aromatic carbocycles. The van der Waals surface area contributed by atoms with E-state index in [0.717, 1.165) is 17.3 Å². The number of alkyl halides is 3. The van der Waals surface area contributed by atoms with Crippen LogP contribution in [0.5, 0.6) is 0 Å². The van der Waals surface area contributed by atoms with Crippen molar-refractivity contribution in [3.8, 4) is 0 Å². The van der Waals surface area contributed by atoms with E-state index >= 15 is 0 Å². The predicted octanol–water partition coefficient (Wildman–Crippen LogP) is 2.99. The van der Waals surface area contributed by atoms with Crippen LogP contribution >= 0.6 is 0 Å². The number of hydrogen-bond donors (Lipinski definition) is 0. The molecule has 0 radical (unpaired) electrons. The molecule has 0 aliphatic rings. The molecule has 0 aliphatic heterocycles. The number of nitrogens with zero attached hydrogens (tertiary/aromatic N) is 4. The Morgan fingerprint density at radius 1 is 1.25 bits per heavy atom. The SMILES string of the molecule is CCn1ncc(Cn2cnc3cccc(C(F)(F)F)c3c2=O)c1C. The van der Waals surface area contributed by atoms with Crippen molar-refractivity contribution in [2.45, 2.75) is 33.1 Å². The number of fused-ring (bicyclic) bond motifs is 1. The molecule has 5 nitrogen and oxygen atoms in total. The Morgan fingerprint density at radius 3 is 2.62 bits per heavy atom. The second-order valence-electron chi connectivity index (χ2n) is 5.45. The van der Waals surface area contributed by atoms with E-state index in [0.29, 0.717) is 6.54 Å². The highest BCUT2D eigenvalue weighted by atomic mass is 19.4. The molecule has 0 N–H and O–H groups in total. The van der Waals surface area contributed by atoms with Crippen molar-refractivity contribution < 1.29 is 13.2 Å². The average molecular weight is 336 g/mol. The number of halogens is 3. The van der Waals surface area contributed by atoms with Gasteiger partial charge in [0.25, 0.3) is 5.56 Å². The smallest absolute Gasteiger partial charge is 0.294 e. The van der Waals surface area contributed by atoms with Gasteiger partial charge in [0.1, 0.15) is 0 Å². The predicted molar refractivity (Wildman–Crippen MR) is 82.7 cm³/mol. The van der Waals surface area contributed by atoms with Crippen molar-refractivity contribution in [2.24, 2.45) is 0 Å². The van der Waals surface area contributed by atoms with Crippen LogP contribution in [0.15, 0.2) is 35.5 Å². The van der Waals surface area contributed by atoms with E-state index in [-0.39, 0.29) is 12.1 Å². The van der Waals surface area contributed by atoms with Crippen LogP contribution in [0.2, 0.25) is 0 Å². The minimum absolute atomic E-state index is 0.0343. The summed E-state index contributed by atoms with van der Waals surface area (Å²) in [6, 6.07) is 3.55. The summed E-state index contributed by atoms with van der Waals surface area (Å²) in [5, 5.41) is 3.77. The van der Waals surface area contributed by atoms with Gasteiger partial charge in [0, 0.05) is 17.8 Å². The normalized spacial score (nSPS) is 12.0. The molecule has 2 heterocycles. The van der Waals surface area contributed by atoms with Crippen LogP contribution in [0.3, 0.4) is 0 Å². The van der Waals surface area contributed by atoms with Gasteiger partial charge >= 0.3 is 6.18 Å². The molecule has 0 atom stereocenters. The molecule has 3 rings (SSSR count). The molecule has 0 spiro atoms. The highest BCUT2D eigenvalue weighted by Crippen LogP contribution is 2.32. The van der Waals surface area contributed by atoms with Crippen LogP contribution in [0.25, 0.3) is 10.9 Å². The summed E-state index contributed by atoms with van der Waals surface area (Å²) in [4.78, 5) is 16.6. The number of benzene rings is 1. The van der Waals surface area contributed by atoms with E-state index in [1.807, 2.05) is 13.8 Å². The van der Waals surface area contributed by atoms with Crippen molar-refractivity contribution in [1.82, 2.24) is 19.3 Å². The summed E-state index contributed by atoms with van der Waals surface area (Å²) in [7, 11) is 0. The van der Waals surface area contributed by atoms with Crippen LogP contribution in [0.1, 0.15) is 23.7 Å². The first kappa shape index (κ1) is 16.2. The molecule has 0 aliphatic carbocycles. The molecule has 0 fully saturated rings. The maximum Gasteiger partial charge on any atom is 0.417 e. The summed E-state index contributed by atoms with van der Waals surface area (Å²) in [5.74, 6) is 0. The Bertz CT molecular complexity index is 956. The second-order valence-corrected chi connectivity index (χ2v) is 5.45. The van der Waals surface area contributed by atoms with E-state index in [2.05, 4.69) is 10.1 Å². The first-order chi connectivity index (χ1) is 11.3. The van der Waals surface area contributed by atoms with Gasteiger partial charge in [-0.25, -0.2) is 4.98 Å². The number of aromatic nitrogens is 4. The molecule has 8 heteroatoms. The molecule has 0 amide bonds. The minimum Gasteiger partial charge on any atom is -0.294 e. The van der Waals surface area contributed by atoms with E-state index in [4.69, 9.17) is 0 Å². The van der Waals surface area contributed by atoms with Gasteiger partial charge in [0.2, 0.25) is 0 Å². The number of rotatable bonds is 3. The van der Waals surface area contributed by atoms with Crippen LogP contribution in [-0.4, -0.2) is 19.3 Å². The third-order valence-corrected chi connectivity index (χ3v) is 4.00. The summed E-state index contributed by atoms with van der Waals surface area (Å²) >= 11 is 0. The van der Waals surface area contributed by atoms with E-state index < -0.39 is 22.7 Å². The molecule has 0 unspecified atom stereocenters. The van der Waals surface area contributed by atoms with E-state index in [1.165, 1.54) is 23.0 Å². The fraction of sp³-hybridized carbons (Fsp3) is 0.312. The molecule has 2 aromatic heterocycles. The highest BCUT2D eigenvalue weighted by Gasteiger charge is 2.34. The van der Waals surface area contributed by atoms with Gasteiger partial charge in [-0.3, -0.25) is 14.0 Å². The largest absolute Gasteiger partial charge is 0.417 e. The van der Waals surface area contributed by atoms with Gasteiger partial charge < -0.3 is 0 Å². The lowest BCUT2D eigenvalue weighted by Gasteiger charge is -2.11. The van der Waals surface area contributed by atoms with E-state index in [9.17, 15) is 18.0 Å². The molecule has 0 saturated heterocycles. The Hall–Kier alpha value is -2.64. The zero-order chi connectivity index (χ0) is 17.5. The summed E-state index contributed by atoms with van der Waals surface area (Å²) in [6.45, 7) is 4.59. The van der Waals surface area contributed by atoms with Gasteiger partial charge in [0.05, 0.1) is 35.5 Å². The lowest BCUT2D eigenvalue weighted by atomic mass is 10.1. The molecule has 0 bridgehead atoms. The maximum atomic E-state index is 13.2. The molecule has 0 saturated carbocycles. The minimum atomic E-state index is -4.61. The van der Waals surface area contributed by atoms with Gasteiger partial charge in [0.15, 0.2) is 0 Å². The summed E-state index contributed by atoms with van der Waals surface area (Å²) in [6.07, 6.45) is -1.72. The fourth-order valence-corrected chi connectivity index (χ4v) is 2.69. The fourth-order valence-electron chi connectivity index (χ4n) is 2.69. The third kappa shape index (κ3) is 2.68. The van der Waals surface area contributed by atoms with Crippen molar-refractivity contribution in [2.75, 3.05) is 0 Å². The molecule has 126 valence electrons. The summed E-state index contributed by atoms with van der Waals surface area (Å²) in [5.41, 5.74) is -0.00496. The molecule has 24 heavy (non-hydrogen) atoms. The van der Waals surface area contributed by atoms with E-state index in [1.54, 1.807) is 10.9 Å². The second kappa shape index (κ2) is 5.77. The van der Waals surface area contributed by atoms with Crippen LogP contribution in [0, 0.1) is 6.92 Å². The Kier molecular flexibility index (Phi) is 3.90. The number of hydrogen-bond acceptors (Lipinski definition) is 3. The third-order valence-electron chi connectivity index (χ3n) is 4.00. The van der Waals surface area contributed by atoms with Crippen molar-refractivity contribution in [1.29, 1.82) is 0 Å². The van der Waals surface area contributed by atoms with Gasteiger partial charge in [-0.2, -0.15) is 18.3 Å². The molecular weight excluding hydrogens is 321 g/mol. The zero-order valence-corrected chi connectivity index (χ0v) is 13.1. The Morgan fingerprint density at radius 2 is 2.00 bits per heavy atom. The monoisotopic (exact) mass is 336 g/mol. The van der Waals surface area contributed by atoms with Crippen LogP contribution in [-0.2, 0) is 19.3 Å². The quantitative estimate of drug-likeness (QED) is 0.739. The Balaban J connectivity index is 2.15. The first-order valence-corrected chi connectivity index (χ1v) is 7.39. The Labute approximate surface area is 135 Å². The lowest BCUT2D eigenvalue weighted by Crippen LogP contribution is -2.24. The lowest BCUT2D eigenvalue weighted by molar-refractivity contribution is -0.136. The van der Waals surface area contributed by atoms with Crippen molar-refractivity contribution in [3.05, 3.63) is 57.9 Å². The zero-order valence-electron chi connectivity index (χ0n) is 13.1. The summed E-state index contributed by atoms with van der Waals surface area (Å²) < 4.78 is 42.5. The molecular formula is C16H15F3N4O. The van der Waals surface area contributed by atoms with Gasteiger partial charge in [-0.15, -0.1) is 0 Å². The topological polar surface area (TPSA) is 52.7 Å². The number of aryl methyl sites for hydroxylation is 1. The average Bonchev–Trinajstić information content (AvgIpc) is 2.89. The first-order valence-electron chi connectivity index (χ1n) is 7.39. The van der Waals surface area contributed by atoms with Crippen molar-refractivity contribution in [3.63, 3.8) is 0 Å². The highest BCUT2D eigenvalue weighted by molar-refractivity contribution is 5.81. The molecule has 3 aromatic rings. The van der Waals surface area contributed by atoms with Gasteiger partial charge in [-0.1, -0.05) is 6.07 Å².